The number of carbonyl (C=O) groups is 1. The molecule has 1 N–H and O–H groups in total. The minimum absolute atomic E-state index is 0.145. The molecule has 0 spiro atoms. The maximum absolute atomic E-state index is 12.5. The zero-order valence-electron chi connectivity index (χ0n) is 15.7. The van der Waals surface area contributed by atoms with Gasteiger partial charge in [0.15, 0.2) is 0 Å². The second-order valence-corrected chi connectivity index (χ2v) is 10.3. The van der Waals surface area contributed by atoms with Crippen LogP contribution in [0.5, 0.6) is 0 Å². The van der Waals surface area contributed by atoms with E-state index in [2.05, 4.69) is 11.4 Å². The third-order valence-electron chi connectivity index (χ3n) is 5.20. The van der Waals surface area contributed by atoms with Gasteiger partial charge in [0, 0.05) is 31.1 Å². The van der Waals surface area contributed by atoms with Gasteiger partial charge in [0.2, 0.25) is 15.9 Å². The Bertz CT molecular complexity index is 834. The minimum Gasteiger partial charge on any atom is -0.315 e. The predicted octanol–water partition coefficient (Wildman–Crippen LogP) is 1.79. The van der Waals surface area contributed by atoms with Gasteiger partial charge < -0.3 is 5.32 Å². The molecule has 0 radical (unpaired) electrons. The molecule has 0 bridgehead atoms. The monoisotopic (exact) mass is 410 g/mol. The van der Waals surface area contributed by atoms with Gasteiger partial charge in [-0.1, -0.05) is 12.8 Å². The number of anilines is 1. The lowest BCUT2D eigenvalue weighted by atomic mass is 9.97. The van der Waals surface area contributed by atoms with Crippen LogP contribution in [0.1, 0.15) is 41.7 Å². The second kappa shape index (κ2) is 8.69. The van der Waals surface area contributed by atoms with Crippen molar-refractivity contribution in [2.75, 3.05) is 44.3 Å². The molecule has 1 aromatic rings. The van der Waals surface area contributed by atoms with Crippen LogP contribution in [0.4, 0.5) is 5.00 Å². The number of hydrogen-bond acceptors (Lipinski definition) is 6. The van der Waals surface area contributed by atoms with Crippen LogP contribution in [0.25, 0.3) is 0 Å². The van der Waals surface area contributed by atoms with Gasteiger partial charge in [-0.3, -0.25) is 9.69 Å². The first kappa shape index (κ1) is 20.3. The Morgan fingerprint density at radius 2 is 1.81 bits per heavy atom. The molecule has 0 unspecified atom stereocenters. The van der Waals surface area contributed by atoms with Crippen molar-refractivity contribution in [3.63, 3.8) is 0 Å². The number of sulfonamides is 1. The number of hydrogen-bond donors (Lipinski definition) is 1. The Morgan fingerprint density at radius 3 is 2.44 bits per heavy atom. The summed E-state index contributed by atoms with van der Waals surface area (Å²) < 4.78 is 24.6. The zero-order valence-corrected chi connectivity index (χ0v) is 17.3. The zero-order chi connectivity index (χ0) is 19.4. The molecular weight excluding hydrogens is 384 g/mol. The molecule has 0 atom stereocenters. The van der Waals surface area contributed by atoms with Crippen LogP contribution in [-0.4, -0.2) is 62.5 Å². The number of rotatable bonds is 4. The Labute approximate surface area is 165 Å². The van der Waals surface area contributed by atoms with Crippen molar-refractivity contribution >= 4 is 32.3 Å². The van der Waals surface area contributed by atoms with E-state index in [9.17, 15) is 18.5 Å². The quantitative estimate of drug-likeness (QED) is 0.817. The third kappa shape index (κ3) is 5.08. The summed E-state index contributed by atoms with van der Waals surface area (Å²) in [4.78, 5) is 15.7. The van der Waals surface area contributed by atoms with Crippen molar-refractivity contribution in [2.45, 2.75) is 38.5 Å². The lowest BCUT2D eigenvalue weighted by Gasteiger charge is -2.32. The van der Waals surface area contributed by atoms with Gasteiger partial charge in [-0.25, -0.2) is 8.42 Å². The highest BCUT2D eigenvalue weighted by atomic mass is 32.2. The van der Waals surface area contributed by atoms with Crippen molar-refractivity contribution in [3.8, 4) is 6.07 Å². The Hall–Kier alpha value is -1.47. The summed E-state index contributed by atoms with van der Waals surface area (Å²) in [6, 6.07) is 2.29. The van der Waals surface area contributed by atoms with E-state index in [1.165, 1.54) is 28.3 Å². The van der Waals surface area contributed by atoms with Gasteiger partial charge in [0.1, 0.15) is 11.1 Å². The second-order valence-electron chi connectivity index (χ2n) is 7.22. The molecule has 0 aromatic carbocycles. The fraction of sp³-hybridized carbons (Fsp3) is 0.667. The van der Waals surface area contributed by atoms with Gasteiger partial charge >= 0.3 is 0 Å². The number of thiophene rings is 1. The van der Waals surface area contributed by atoms with Crippen LogP contribution in [0, 0.1) is 11.3 Å². The molecule has 1 aliphatic heterocycles. The van der Waals surface area contributed by atoms with Gasteiger partial charge in [0.05, 0.1) is 18.4 Å². The van der Waals surface area contributed by atoms with Crippen LogP contribution < -0.4 is 5.32 Å². The highest BCUT2D eigenvalue weighted by molar-refractivity contribution is 7.88. The van der Waals surface area contributed by atoms with Crippen molar-refractivity contribution in [2.24, 2.45) is 0 Å². The van der Waals surface area contributed by atoms with Crippen LogP contribution in [-0.2, 0) is 27.7 Å². The first-order chi connectivity index (χ1) is 12.9. The number of nitrogens with one attached hydrogen (secondary N) is 1. The van der Waals surface area contributed by atoms with E-state index < -0.39 is 10.0 Å². The summed E-state index contributed by atoms with van der Waals surface area (Å²) in [5.41, 5.74) is 1.76. The Kier molecular flexibility index (Phi) is 6.52. The normalized spacial score (nSPS) is 19.6. The van der Waals surface area contributed by atoms with Crippen LogP contribution in [0.2, 0.25) is 0 Å². The number of piperazine rings is 1. The van der Waals surface area contributed by atoms with E-state index in [-0.39, 0.29) is 12.5 Å². The minimum atomic E-state index is -3.17. The molecule has 2 heterocycles. The number of fused-ring (bicyclic) bond motifs is 1. The van der Waals surface area contributed by atoms with E-state index >= 15 is 0 Å². The fourth-order valence-corrected chi connectivity index (χ4v) is 5.80. The topological polar surface area (TPSA) is 93.5 Å². The highest BCUT2D eigenvalue weighted by Gasteiger charge is 2.25. The predicted molar refractivity (Wildman–Crippen MR) is 106 cm³/mol. The maximum Gasteiger partial charge on any atom is 0.239 e. The summed E-state index contributed by atoms with van der Waals surface area (Å²) in [7, 11) is -3.17. The lowest BCUT2D eigenvalue weighted by Crippen LogP contribution is -2.50. The smallest absolute Gasteiger partial charge is 0.239 e. The number of aryl methyl sites for hydroxylation is 1. The highest BCUT2D eigenvalue weighted by Crippen LogP contribution is 2.36. The van der Waals surface area contributed by atoms with E-state index in [1.54, 1.807) is 11.3 Å². The van der Waals surface area contributed by atoms with Crippen LogP contribution in [0.15, 0.2) is 0 Å². The fourth-order valence-electron chi connectivity index (χ4n) is 3.71. The summed E-state index contributed by atoms with van der Waals surface area (Å²) in [6.07, 6.45) is 7.76. The van der Waals surface area contributed by atoms with Crippen molar-refractivity contribution in [1.82, 2.24) is 9.21 Å². The Balaban J connectivity index is 1.62. The van der Waals surface area contributed by atoms with E-state index in [0.29, 0.717) is 36.7 Å². The van der Waals surface area contributed by atoms with Gasteiger partial charge in [-0.2, -0.15) is 9.57 Å². The lowest BCUT2D eigenvalue weighted by molar-refractivity contribution is -0.117. The van der Waals surface area contributed by atoms with Gasteiger partial charge in [-0.05, 0) is 31.2 Å². The first-order valence-electron chi connectivity index (χ1n) is 9.40. The molecule has 1 fully saturated rings. The summed E-state index contributed by atoms with van der Waals surface area (Å²) >= 11 is 1.54. The van der Waals surface area contributed by atoms with Crippen LogP contribution in [0.3, 0.4) is 0 Å². The molecule has 1 amide bonds. The average Bonchev–Trinajstić information content (AvgIpc) is 2.90. The molecular formula is C18H26N4O3S2. The van der Waals surface area contributed by atoms with Crippen molar-refractivity contribution in [1.29, 1.82) is 5.26 Å². The molecule has 1 aliphatic carbocycles. The summed E-state index contributed by atoms with van der Waals surface area (Å²) in [5.74, 6) is -0.145. The Morgan fingerprint density at radius 1 is 1.15 bits per heavy atom. The number of carbonyl (C=O) groups excluding carboxylic acids is 1. The molecule has 2 aliphatic rings. The van der Waals surface area contributed by atoms with E-state index in [4.69, 9.17) is 0 Å². The largest absolute Gasteiger partial charge is 0.315 e. The number of amides is 1. The molecule has 3 rings (SSSR count). The molecule has 27 heavy (non-hydrogen) atoms. The van der Waals surface area contributed by atoms with Crippen molar-refractivity contribution < 1.29 is 13.2 Å². The standard InChI is InChI=1S/C18H26N4O3S2/c1-27(24,25)22-10-8-21(9-11-22)13-17(23)20-18-15(12-19)14-6-4-2-3-5-7-16(14)26-18/h2-11,13H2,1H3,(H,20,23). The molecule has 0 saturated carbocycles. The van der Waals surface area contributed by atoms with Crippen LogP contribution >= 0.6 is 11.3 Å². The number of nitrogens with zero attached hydrogens (tertiary/aromatic N) is 3. The first-order valence-corrected chi connectivity index (χ1v) is 12.1. The maximum atomic E-state index is 12.5. The summed E-state index contributed by atoms with van der Waals surface area (Å²) in [5, 5.41) is 13.2. The third-order valence-corrected chi connectivity index (χ3v) is 7.71. The molecule has 1 aromatic heterocycles. The summed E-state index contributed by atoms with van der Waals surface area (Å²) in [6.45, 7) is 2.09. The van der Waals surface area contributed by atoms with Crippen molar-refractivity contribution in [3.05, 3.63) is 16.0 Å². The number of nitriles is 1. The van der Waals surface area contributed by atoms with E-state index in [1.807, 2.05) is 4.90 Å². The van der Waals surface area contributed by atoms with E-state index in [0.717, 1.165) is 31.2 Å². The molecule has 7 nitrogen and oxygen atoms in total. The molecule has 1 saturated heterocycles. The van der Waals surface area contributed by atoms with Gasteiger partial charge in [0.25, 0.3) is 0 Å². The van der Waals surface area contributed by atoms with Gasteiger partial charge in [-0.15, -0.1) is 11.3 Å². The SMILES string of the molecule is CS(=O)(=O)N1CCN(CC(=O)Nc2sc3c(c2C#N)CCCCCC3)CC1. The molecule has 9 heteroatoms. The molecule has 148 valence electrons. The average molecular weight is 411 g/mol.